The van der Waals surface area contributed by atoms with Crippen molar-refractivity contribution in [1.29, 1.82) is 0 Å². The predicted octanol–water partition coefficient (Wildman–Crippen LogP) is 2.72. The van der Waals surface area contributed by atoms with Crippen LogP contribution >= 0.6 is 0 Å². The Morgan fingerprint density at radius 2 is 1.95 bits per heavy atom. The van der Waals surface area contributed by atoms with Crippen LogP contribution in [-0.2, 0) is 6.18 Å². The number of aliphatic hydroxyl groups is 1. The van der Waals surface area contributed by atoms with Gasteiger partial charge in [0.05, 0.1) is 12.2 Å². The van der Waals surface area contributed by atoms with E-state index in [1.165, 1.54) is 4.90 Å². The molecular formula is C14H19F3N2O2. The molecule has 0 atom stereocenters. The van der Waals surface area contributed by atoms with Gasteiger partial charge in [-0.2, -0.15) is 13.2 Å². The molecule has 0 aliphatic carbocycles. The molecule has 0 fully saturated rings. The molecule has 21 heavy (non-hydrogen) atoms. The minimum atomic E-state index is -4.53. The quantitative estimate of drug-likeness (QED) is 0.879. The maximum Gasteiger partial charge on any atom is 0.433 e. The summed E-state index contributed by atoms with van der Waals surface area (Å²) in [6.45, 7) is 3.77. The highest BCUT2D eigenvalue weighted by atomic mass is 19.4. The highest BCUT2D eigenvalue weighted by Gasteiger charge is 2.32. The zero-order chi connectivity index (χ0) is 16.0. The number of rotatable bonds is 6. The average Bonchev–Trinajstić information content (AvgIpc) is 2.46. The van der Waals surface area contributed by atoms with E-state index in [-0.39, 0.29) is 24.8 Å². The largest absolute Gasteiger partial charge is 0.433 e. The zero-order valence-electron chi connectivity index (χ0n) is 12.0. The standard InChI is InChI=1S/C14H19F3N2O2/c1-3-11(4-2)19(7-8-20)13(21)10-5-6-12(18-9-10)14(15,16)17/h5-6,9,11,20H,3-4,7-8H2,1-2H3. The lowest BCUT2D eigenvalue weighted by Crippen LogP contribution is -2.41. The molecule has 4 nitrogen and oxygen atoms in total. The summed E-state index contributed by atoms with van der Waals surface area (Å²) in [5, 5.41) is 9.06. The van der Waals surface area contributed by atoms with Crippen molar-refractivity contribution in [2.24, 2.45) is 0 Å². The Hall–Kier alpha value is -1.63. The van der Waals surface area contributed by atoms with Gasteiger partial charge in [-0.1, -0.05) is 13.8 Å². The fraction of sp³-hybridized carbons (Fsp3) is 0.571. The number of alkyl halides is 3. The van der Waals surface area contributed by atoms with Crippen molar-refractivity contribution in [3.05, 3.63) is 29.6 Å². The first kappa shape index (κ1) is 17.4. The van der Waals surface area contributed by atoms with Gasteiger partial charge in [-0.3, -0.25) is 9.78 Å². The second-order valence-corrected chi connectivity index (χ2v) is 4.62. The van der Waals surface area contributed by atoms with Crippen LogP contribution in [0.2, 0.25) is 0 Å². The lowest BCUT2D eigenvalue weighted by Gasteiger charge is -2.30. The molecule has 1 aromatic heterocycles. The number of pyridine rings is 1. The highest BCUT2D eigenvalue weighted by Crippen LogP contribution is 2.27. The molecule has 7 heteroatoms. The van der Waals surface area contributed by atoms with E-state index < -0.39 is 17.8 Å². The Labute approximate surface area is 121 Å². The van der Waals surface area contributed by atoms with Gasteiger partial charge >= 0.3 is 6.18 Å². The van der Waals surface area contributed by atoms with Crippen molar-refractivity contribution in [1.82, 2.24) is 9.88 Å². The summed E-state index contributed by atoms with van der Waals surface area (Å²) in [6, 6.07) is 1.84. The molecule has 1 rings (SSSR count). The van der Waals surface area contributed by atoms with Crippen LogP contribution in [0.3, 0.4) is 0 Å². The average molecular weight is 304 g/mol. The first-order valence-corrected chi connectivity index (χ1v) is 6.80. The summed E-state index contributed by atoms with van der Waals surface area (Å²) in [4.78, 5) is 17.1. The maximum absolute atomic E-state index is 12.4. The van der Waals surface area contributed by atoms with Crippen LogP contribution in [-0.4, -0.2) is 40.1 Å². The summed E-state index contributed by atoms with van der Waals surface area (Å²) in [5.41, 5.74) is -0.946. The monoisotopic (exact) mass is 304 g/mol. The van der Waals surface area contributed by atoms with Gasteiger partial charge < -0.3 is 10.0 Å². The molecule has 0 radical (unpaired) electrons. The van der Waals surface area contributed by atoms with Crippen LogP contribution in [0.25, 0.3) is 0 Å². The van der Waals surface area contributed by atoms with Gasteiger partial charge in [0.15, 0.2) is 0 Å². The molecule has 0 aliphatic heterocycles. The number of halogens is 3. The van der Waals surface area contributed by atoms with Crippen molar-refractivity contribution in [2.75, 3.05) is 13.2 Å². The maximum atomic E-state index is 12.4. The Kier molecular flexibility index (Phi) is 6.14. The van der Waals surface area contributed by atoms with E-state index in [4.69, 9.17) is 5.11 Å². The molecule has 1 aromatic rings. The third-order valence-electron chi connectivity index (χ3n) is 3.29. The number of carbonyl (C=O) groups excluding carboxylic acids is 1. The van der Waals surface area contributed by atoms with Crippen LogP contribution < -0.4 is 0 Å². The van der Waals surface area contributed by atoms with Crippen molar-refractivity contribution >= 4 is 5.91 Å². The molecule has 0 aromatic carbocycles. The fourth-order valence-corrected chi connectivity index (χ4v) is 2.14. The Balaban J connectivity index is 2.98. The van der Waals surface area contributed by atoms with Crippen LogP contribution in [0.4, 0.5) is 13.2 Å². The molecule has 118 valence electrons. The smallest absolute Gasteiger partial charge is 0.395 e. The number of carbonyl (C=O) groups is 1. The second kappa shape index (κ2) is 7.40. The lowest BCUT2D eigenvalue weighted by atomic mass is 10.1. The van der Waals surface area contributed by atoms with E-state index in [1.807, 2.05) is 13.8 Å². The summed E-state index contributed by atoms with van der Waals surface area (Å²) < 4.78 is 37.3. The van der Waals surface area contributed by atoms with Gasteiger partial charge in [0, 0.05) is 18.8 Å². The van der Waals surface area contributed by atoms with Crippen LogP contribution in [0.1, 0.15) is 42.7 Å². The molecule has 0 spiro atoms. The van der Waals surface area contributed by atoms with E-state index in [2.05, 4.69) is 4.98 Å². The zero-order valence-corrected chi connectivity index (χ0v) is 12.0. The van der Waals surface area contributed by atoms with Crippen LogP contribution in [0.5, 0.6) is 0 Å². The lowest BCUT2D eigenvalue weighted by molar-refractivity contribution is -0.141. The fourth-order valence-electron chi connectivity index (χ4n) is 2.14. The van der Waals surface area contributed by atoms with Gasteiger partial charge in [0.1, 0.15) is 5.69 Å². The number of aromatic nitrogens is 1. The molecule has 0 unspecified atom stereocenters. The number of nitrogens with zero attached hydrogens (tertiary/aromatic N) is 2. The van der Waals surface area contributed by atoms with E-state index >= 15 is 0 Å². The minimum Gasteiger partial charge on any atom is -0.395 e. The Morgan fingerprint density at radius 3 is 2.33 bits per heavy atom. The van der Waals surface area contributed by atoms with E-state index in [0.29, 0.717) is 12.8 Å². The molecule has 0 saturated heterocycles. The molecule has 1 heterocycles. The van der Waals surface area contributed by atoms with Crippen LogP contribution in [0, 0.1) is 0 Å². The number of hydrogen-bond acceptors (Lipinski definition) is 3. The summed E-state index contributed by atoms with van der Waals surface area (Å²) in [6.07, 6.45) is -2.19. The van der Waals surface area contributed by atoms with E-state index in [1.54, 1.807) is 0 Å². The topological polar surface area (TPSA) is 53.4 Å². The van der Waals surface area contributed by atoms with E-state index in [9.17, 15) is 18.0 Å². The molecule has 1 amide bonds. The van der Waals surface area contributed by atoms with Crippen molar-refractivity contribution in [2.45, 2.75) is 38.9 Å². The predicted molar refractivity (Wildman–Crippen MR) is 71.7 cm³/mol. The second-order valence-electron chi connectivity index (χ2n) is 4.62. The first-order valence-electron chi connectivity index (χ1n) is 6.80. The minimum absolute atomic E-state index is 0.0630. The first-order chi connectivity index (χ1) is 9.85. The summed E-state index contributed by atoms with van der Waals surface area (Å²) >= 11 is 0. The molecule has 0 aliphatic rings. The normalized spacial score (nSPS) is 11.8. The SMILES string of the molecule is CCC(CC)N(CCO)C(=O)c1ccc(C(F)(F)F)nc1. The van der Waals surface area contributed by atoms with Gasteiger partial charge in [-0.05, 0) is 25.0 Å². The molecule has 0 bridgehead atoms. The van der Waals surface area contributed by atoms with Gasteiger partial charge in [0.2, 0.25) is 0 Å². The Morgan fingerprint density at radius 1 is 1.33 bits per heavy atom. The van der Waals surface area contributed by atoms with Crippen molar-refractivity contribution in [3.8, 4) is 0 Å². The number of amides is 1. The highest BCUT2D eigenvalue weighted by molar-refractivity contribution is 5.94. The van der Waals surface area contributed by atoms with Crippen molar-refractivity contribution < 1.29 is 23.1 Å². The number of hydrogen-bond donors (Lipinski definition) is 1. The summed E-state index contributed by atoms with van der Waals surface area (Å²) in [5.74, 6) is -0.418. The molecular weight excluding hydrogens is 285 g/mol. The third kappa shape index (κ3) is 4.42. The Bertz CT molecular complexity index is 456. The van der Waals surface area contributed by atoms with Gasteiger partial charge in [-0.15, -0.1) is 0 Å². The summed E-state index contributed by atoms with van der Waals surface area (Å²) in [7, 11) is 0. The van der Waals surface area contributed by atoms with E-state index in [0.717, 1.165) is 18.3 Å². The molecule has 0 saturated carbocycles. The van der Waals surface area contributed by atoms with Crippen molar-refractivity contribution in [3.63, 3.8) is 0 Å². The van der Waals surface area contributed by atoms with Gasteiger partial charge in [0.25, 0.3) is 5.91 Å². The third-order valence-corrected chi connectivity index (χ3v) is 3.29. The molecule has 1 N–H and O–H groups in total. The number of aliphatic hydroxyl groups excluding tert-OH is 1. The van der Waals surface area contributed by atoms with Crippen LogP contribution in [0.15, 0.2) is 18.3 Å². The van der Waals surface area contributed by atoms with Gasteiger partial charge in [-0.25, -0.2) is 0 Å².